The van der Waals surface area contributed by atoms with Crippen molar-refractivity contribution in [2.24, 2.45) is 11.8 Å². The van der Waals surface area contributed by atoms with E-state index in [1.54, 1.807) is 36.4 Å². The van der Waals surface area contributed by atoms with Crippen molar-refractivity contribution in [2.45, 2.75) is 45.0 Å². The maximum absolute atomic E-state index is 10.9. The molecule has 1 aromatic rings. The zero-order chi connectivity index (χ0) is 21.3. The molecule has 0 heterocycles. The molecule has 2 atom stereocenters. The number of rotatable bonds is 2. The molecule has 0 radical (unpaired) electrons. The third kappa shape index (κ3) is 11.8. The molecule has 0 spiro atoms. The molecule has 0 saturated heterocycles. The molecular formula is C20H28Cl4N2O2. The number of alkyl halides is 1. The Labute approximate surface area is 188 Å². The summed E-state index contributed by atoms with van der Waals surface area (Å²) in [5.41, 5.74) is 3.79. The Morgan fingerprint density at radius 3 is 1.86 bits per heavy atom. The minimum atomic E-state index is -0.491. The molecule has 1 aliphatic carbocycles. The first kappa shape index (κ1) is 29.3. The van der Waals surface area contributed by atoms with Gasteiger partial charge in [-0.15, -0.1) is 24.0 Å². The smallest absolute Gasteiger partial charge is 0.252 e. The predicted molar refractivity (Wildman–Crippen MR) is 122 cm³/mol. The molecule has 28 heavy (non-hydrogen) atoms. The van der Waals surface area contributed by atoms with E-state index in [9.17, 15) is 9.59 Å². The molecule has 0 aromatic heterocycles. The average Bonchev–Trinajstić information content (AvgIpc) is 2.58. The largest absolute Gasteiger partial charge is 0.276 e. The Kier molecular flexibility index (Phi) is 14.0. The molecule has 158 valence electrons. The fourth-order valence-electron chi connectivity index (χ4n) is 1.74. The predicted octanol–water partition coefficient (Wildman–Crippen LogP) is 5.62. The van der Waals surface area contributed by atoms with Crippen LogP contribution >= 0.6 is 47.2 Å². The number of carbonyl (C=O) groups is 2. The van der Waals surface area contributed by atoms with Crippen molar-refractivity contribution in [3.8, 4) is 0 Å². The third-order valence-corrected chi connectivity index (χ3v) is 4.56. The molecule has 4 nitrogen and oxygen atoms in total. The van der Waals surface area contributed by atoms with E-state index < -0.39 is 15.4 Å². The van der Waals surface area contributed by atoms with Crippen LogP contribution < -0.4 is 11.3 Å². The summed E-state index contributed by atoms with van der Waals surface area (Å²) in [5, 5.41) is -0.825. The van der Waals surface area contributed by atoms with Crippen molar-refractivity contribution in [1.29, 1.82) is 0 Å². The summed E-state index contributed by atoms with van der Waals surface area (Å²) in [7, 11) is 0. The van der Waals surface area contributed by atoms with Crippen molar-refractivity contribution < 1.29 is 9.59 Å². The maximum Gasteiger partial charge on any atom is 0.252 e. The monoisotopic (exact) mass is 468 g/mol. The molecule has 2 unspecified atom stereocenters. The lowest BCUT2D eigenvalue weighted by Gasteiger charge is -2.29. The number of hydrogen-bond acceptors (Lipinski definition) is 4. The molecular weight excluding hydrogens is 442 g/mol. The van der Waals surface area contributed by atoms with Gasteiger partial charge in [0, 0.05) is 22.6 Å². The first-order chi connectivity index (χ1) is 12.3. The first-order valence-electron chi connectivity index (χ1n) is 8.32. The lowest BCUT2D eigenvalue weighted by Crippen LogP contribution is -2.41. The van der Waals surface area contributed by atoms with Crippen LogP contribution in [0.2, 0.25) is 0 Å². The van der Waals surface area contributed by atoms with Crippen molar-refractivity contribution in [3.05, 3.63) is 59.7 Å². The minimum absolute atomic E-state index is 0. The van der Waals surface area contributed by atoms with E-state index in [0.29, 0.717) is 11.1 Å². The lowest BCUT2D eigenvalue weighted by molar-refractivity contribution is -0.109. The van der Waals surface area contributed by atoms with E-state index in [0.717, 1.165) is 0 Å². The van der Waals surface area contributed by atoms with Crippen molar-refractivity contribution in [1.82, 2.24) is 5.43 Å². The Hall–Kier alpha value is -0.880. The second-order valence-corrected chi connectivity index (χ2v) is 8.66. The van der Waals surface area contributed by atoms with Crippen LogP contribution in [0.15, 0.2) is 54.1 Å². The quantitative estimate of drug-likeness (QED) is 0.255. The molecule has 0 amide bonds. The Bertz CT molecular complexity index is 681. The summed E-state index contributed by atoms with van der Waals surface area (Å²) in [6.45, 7) is 9.78. The Balaban J connectivity index is 0. The molecule has 0 bridgehead atoms. The summed E-state index contributed by atoms with van der Waals surface area (Å²) in [6.07, 6.45) is 5.34. The maximum atomic E-state index is 10.9. The van der Waals surface area contributed by atoms with Gasteiger partial charge in [0.2, 0.25) is 5.24 Å². The van der Waals surface area contributed by atoms with E-state index in [1.807, 2.05) is 46.8 Å². The molecule has 0 aliphatic heterocycles. The van der Waals surface area contributed by atoms with Gasteiger partial charge in [0.25, 0.3) is 5.24 Å². The molecule has 0 fully saturated rings. The fourth-order valence-corrected chi connectivity index (χ4v) is 2.28. The van der Waals surface area contributed by atoms with Crippen LogP contribution in [0.5, 0.6) is 0 Å². The van der Waals surface area contributed by atoms with Gasteiger partial charge in [-0.05, 0) is 50.9 Å². The van der Waals surface area contributed by atoms with Crippen LogP contribution in [0.1, 0.15) is 45.0 Å². The highest BCUT2D eigenvalue weighted by Crippen LogP contribution is 2.35. The zero-order valence-electron chi connectivity index (χ0n) is 16.6. The molecule has 1 aliphatic rings. The van der Waals surface area contributed by atoms with Gasteiger partial charge in [-0.1, -0.05) is 55.5 Å². The molecule has 3 N–H and O–H groups in total. The topological polar surface area (TPSA) is 72.2 Å². The van der Waals surface area contributed by atoms with E-state index in [2.05, 4.69) is 5.43 Å². The number of benzene rings is 1. The number of hydrogen-bond donors (Lipinski definition) is 2. The summed E-state index contributed by atoms with van der Waals surface area (Å²) in [4.78, 5) is 20.8. The van der Waals surface area contributed by atoms with Crippen LogP contribution in [0.3, 0.4) is 0 Å². The fraction of sp³-hybridized carbons (Fsp3) is 0.400. The summed E-state index contributed by atoms with van der Waals surface area (Å²) in [6, 6.07) is 8.74. The van der Waals surface area contributed by atoms with E-state index >= 15 is 0 Å². The molecule has 1 aromatic carbocycles. The second kappa shape index (κ2) is 13.4. The van der Waals surface area contributed by atoms with Crippen LogP contribution in [0.4, 0.5) is 0 Å². The number of carbonyl (C=O) groups excluding carboxylic acids is 2. The van der Waals surface area contributed by atoms with Crippen molar-refractivity contribution in [2.75, 3.05) is 0 Å². The number of allylic oxidation sites excluding steroid dienone is 4. The summed E-state index contributed by atoms with van der Waals surface area (Å²) in [5.74, 6) is 5.02. The third-order valence-electron chi connectivity index (χ3n) is 3.67. The zero-order valence-corrected chi connectivity index (χ0v) is 19.7. The van der Waals surface area contributed by atoms with Gasteiger partial charge in [-0.3, -0.25) is 20.9 Å². The molecule has 0 saturated carbocycles. The highest BCUT2D eigenvalue weighted by atomic mass is 35.5. The second-order valence-electron chi connectivity index (χ2n) is 7.16. The summed E-state index contributed by atoms with van der Waals surface area (Å²) >= 11 is 16.7. The van der Waals surface area contributed by atoms with Gasteiger partial charge in [-0.2, -0.15) is 0 Å². The highest BCUT2D eigenvalue weighted by molar-refractivity contribution is 6.68. The van der Waals surface area contributed by atoms with Crippen LogP contribution in [-0.4, -0.2) is 20.9 Å². The van der Waals surface area contributed by atoms with Gasteiger partial charge in [-0.25, -0.2) is 0 Å². The van der Waals surface area contributed by atoms with Crippen molar-refractivity contribution in [3.63, 3.8) is 0 Å². The summed E-state index contributed by atoms with van der Waals surface area (Å²) < 4.78 is 0. The Morgan fingerprint density at radius 2 is 1.57 bits per heavy atom. The standard InChI is InChI=1S/C9H10Cl2O.C7H5ClO.C4H12N2.ClH/c1-6-7(8(10)12)4-3-5-9(6,2)11;8-7(9)6-4-2-1-3-5-6;1-4(2,3)6-5;/h3-6H,1-2H3;1-5H;6H,5H2,1-3H3;1H. The highest BCUT2D eigenvalue weighted by Gasteiger charge is 2.32. The Morgan fingerprint density at radius 1 is 1.11 bits per heavy atom. The molecule has 2 rings (SSSR count). The van der Waals surface area contributed by atoms with E-state index in [4.69, 9.17) is 40.6 Å². The number of nitrogens with two attached hydrogens (primary N) is 1. The van der Waals surface area contributed by atoms with Crippen molar-refractivity contribution >= 4 is 57.7 Å². The van der Waals surface area contributed by atoms with Gasteiger partial charge >= 0.3 is 0 Å². The normalized spacial score (nSPS) is 20.3. The number of hydrazine groups is 1. The van der Waals surface area contributed by atoms with Gasteiger partial charge in [0.15, 0.2) is 0 Å². The minimum Gasteiger partial charge on any atom is -0.276 e. The van der Waals surface area contributed by atoms with E-state index in [1.165, 1.54) is 0 Å². The van der Waals surface area contributed by atoms with Gasteiger partial charge in [0.05, 0.1) is 4.87 Å². The van der Waals surface area contributed by atoms with Gasteiger partial charge < -0.3 is 0 Å². The van der Waals surface area contributed by atoms with Crippen LogP contribution in [0.25, 0.3) is 0 Å². The SMILES string of the molecule is CC(C)(C)NN.CC1C(C(=O)Cl)=CC=CC1(C)Cl.Cl.O=C(Cl)c1ccccc1. The number of nitrogens with one attached hydrogen (secondary N) is 1. The average molecular weight is 470 g/mol. The van der Waals surface area contributed by atoms with Crippen LogP contribution in [-0.2, 0) is 4.79 Å². The number of halogens is 4. The first-order valence-corrected chi connectivity index (χ1v) is 9.46. The van der Waals surface area contributed by atoms with Gasteiger partial charge in [0.1, 0.15) is 0 Å². The van der Waals surface area contributed by atoms with Crippen LogP contribution in [0, 0.1) is 5.92 Å². The lowest BCUT2D eigenvalue weighted by atomic mass is 9.84. The molecule has 8 heteroatoms. The van der Waals surface area contributed by atoms with E-state index in [-0.39, 0.29) is 23.9 Å².